The summed E-state index contributed by atoms with van der Waals surface area (Å²) in [5.74, 6) is -1.03. The topological polar surface area (TPSA) is 60.4 Å². The molecule has 6 heteroatoms. The van der Waals surface area contributed by atoms with Crippen LogP contribution in [0.5, 0.6) is 0 Å². The van der Waals surface area contributed by atoms with Crippen LogP contribution in [-0.4, -0.2) is 20.5 Å². The summed E-state index contributed by atoms with van der Waals surface area (Å²) in [5, 5.41) is 0. The van der Waals surface area contributed by atoms with E-state index in [2.05, 4.69) is 0 Å². The maximum absolute atomic E-state index is 12.9. The van der Waals surface area contributed by atoms with Crippen molar-refractivity contribution in [1.82, 2.24) is 0 Å². The van der Waals surface area contributed by atoms with Crippen LogP contribution in [0.25, 0.3) is 0 Å². The molecule has 0 bridgehead atoms. The Kier molecular flexibility index (Phi) is 4.50. The van der Waals surface area contributed by atoms with Gasteiger partial charge in [-0.2, -0.15) is 8.42 Å². The maximum atomic E-state index is 12.9. The molecule has 0 spiro atoms. The molecule has 0 heterocycles. The first-order chi connectivity index (χ1) is 9.87. The number of carbonyl (C=O) groups excluding carboxylic acids is 1. The molecular formula is C15H13FO4S. The number of benzene rings is 2. The van der Waals surface area contributed by atoms with Crippen LogP contribution in [0, 0.1) is 5.82 Å². The largest absolute Gasteiger partial charge is 0.291 e. The van der Waals surface area contributed by atoms with E-state index in [0.29, 0.717) is 5.56 Å². The van der Waals surface area contributed by atoms with Gasteiger partial charge in [0.2, 0.25) is 0 Å². The number of halogens is 1. The third-order valence-corrected chi connectivity index (χ3v) is 3.28. The van der Waals surface area contributed by atoms with Crippen LogP contribution in [0.4, 0.5) is 4.39 Å². The molecule has 2 aromatic rings. The smallest absolute Gasteiger partial charge is 0.265 e. The van der Waals surface area contributed by atoms with Gasteiger partial charge in [0.15, 0.2) is 11.9 Å². The Labute approximate surface area is 122 Å². The molecule has 4 nitrogen and oxygen atoms in total. The molecule has 21 heavy (non-hydrogen) atoms. The Morgan fingerprint density at radius 3 is 2.14 bits per heavy atom. The quantitative estimate of drug-likeness (QED) is 0.629. The van der Waals surface area contributed by atoms with Gasteiger partial charge in [-0.05, 0) is 29.8 Å². The molecule has 0 aromatic heterocycles. The van der Waals surface area contributed by atoms with E-state index in [1.807, 2.05) is 0 Å². The first kappa shape index (κ1) is 15.3. The van der Waals surface area contributed by atoms with E-state index in [1.54, 1.807) is 30.3 Å². The first-order valence-electron chi connectivity index (χ1n) is 6.10. The van der Waals surface area contributed by atoms with Gasteiger partial charge in [-0.1, -0.05) is 30.3 Å². The molecule has 2 rings (SSSR count). The lowest BCUT2D eigenvalue weighted by molar-refractivity contribution is 0.0803. The van der Waals surface area contributed by atoms with Crippen LogP contribution < -0.4 is 0 Å². The molecule has 0 aliphatic carbocycles. The summed E-state index contributed by atoms with van der Waals surface area (Å²) < 4.78 is 40.5. The third-order valence-electron chi connectivity index (χ3n) is 2.74. The monoisotopic (exact) mass is 308 g/mol. The molecule has 0 aliphatic heterocycles. The highest BCUT2D eigenvalue weighted by Crippen LogP contribution is 2.24. The van der Waals surface area contributed by atoms with Gasteiger partial charge in [0, 0.05) is 5.56 Å². The average Bonchev–Trinajstić information content (AvgIpc) is 2.45. The van der Waals surface area contributed by atoms with Gasteiger partial charge in [0.1, 0.15) is 5.82 Å². The number of carbonyl (C=O) groups is 1. The molecule has 0 N–H and O–H groups in total. The minimum absolute atomic E-state index is 0.175. The lowest BCUT2D eigenvalue weighted by Gasteiger charge is -2.15. The van der Waals surface area contributed by atoms with Crippen LogP contribution in [0.15, 0.2) is 54.6 Å². The van der Waals surface area contributed by atoms with Crippen molar-refractivity contribution in [3.8, 4) is 0 Å². The summed E-state index contributed by atoms with van der Waals surface area (Å²) in [7, 11) is -3.83. The van der Waals surface area contributed by atoms with Gasteiger partial charge in [-0.3, -0.25) is 8.98 Å². The number of hydrogen-bond donors (Lipinski definition) is 0. The summed E-state index contributed by atoms with van der Waals surface area (Å²) in [6.07, 6.45) is -0.410. The van der Waals surface area contributed by atoms with Crippen molar-refractivity contribution in [2.24, 2.45) is 0 Å². The summed E-state index contributed by atoms with van der Waals surface area (Å²) in [4.78, 5) is 12.4. The second-order valence-electron chi connectivity index (χ2n) is 4.46. The van der Waals surface area contributed by atoms with Gasteiger partial charge in [-0.15, -0.1) is 0 Å². The number of ketones is 1. The van der Waals surface area contributed by atoms with Crippen molar-refractivity contribution in [3.63, 3.8) is 0 Å². The van der Waals surface area contributed by atoms with E-state index in [-0.39, 0.29) is 5.56 Å². The predicted molar refractivity (Wildman–Crippen MR) is 75.8 cm³/mol. The van der Waals surface area contributed by atoms with Crippen LogP contribution >= 0.6 is 0 Å². The molecule has 0 amide bonds. The van der Waals surface area contributed by atoms with E-state index in [4.69, 9.17) is 4.18 Å². The molecule has 0 saturated heterocycles. The van der Waals surface area contributed by atoms with Crippen LogP contribution in [0.2, 0.25) is 0 Å². The van der Waals surface area contributed by atoms with Gasteiger partial charge < -0.3 is 0 Å². The summed E-state index contributed by atoms with van der Waals surface area (Å²) in [6.45, 7) is 0. The van der Waals surface area contributed by atoms with Crippen LogP contribution in [-0.2, 0) is 14.3 Å². The van der Waals surface area contributed by atoms with Crippen LogP contribution in [0.1, 0.15) is 22.0 Å². The Bertz CT molecular complexity index is 724. The zero-order valence-electron chi connectivity index (χ0n) is 11.2. The van der Waals surface area contributed by atoms with Gasteiger partial charge >= 0.3 is 0 Å². The zero-order valence-corrected chi connectivity index (χ0v) is 12.0. The van der Waals surface area contributed by atoms with Gasteiger partial charge in [0.05, 0.1) is 6.26 Å². The highest BCUT2D eigenvalue weighted by molar-refractivity contribution is 7.86. The summed E-state index contributed by atoms with van der Waals surface area (Å²) >= 11 is 0. The lowest BCUT2D eigenvalue weighted by atomic mass is 10.0. The van der Waals surface area contributed by atoms with Crippen molar-refractivity contribution < 1.29 is 21.8 Å². The van der Waals surface area contributed by atoms with E-state index in [0.717, 1.165) is 18.4 Å². The normalized spacial score (nSPS) is 12.9. The number of rotatable bonds is 5. The highest BCUT2D eigenvalue weighted by Gasteiger charge is 2.26. The zero-order chi connectivity index (χ0) is 15.5. The van der Waals surface area contributed by atoms with Crippen molar-refractivity contribution in [2.45, 2.75) is 6.10 Å². The Morgan fingerprint density at radius 1 is 1.05 bits per heavy atom. The van der Waals surface area contributed by atoms with Crippen molar-refractivity contribution in [2.75, 3.05) is 6.26 Å². The SMILES string of the molecule is CS(=O)(=O)OC(C(=O)c1ccc(F)cc1)c1ccccc1. The Hall–Kier alpha value is -2.05. The molecule has 0 aliphatic rings. The Morgan fingerprint density at radius 2 is 1.62 bits per heavy atom. The van der Waals surface area contributed by atoms with Crippen molar-refractivity contribution in [3.05, 3.63) is 71.5 Å². The minimum atomic E-state index is -3.83. The predicted octanol–water partition coefficient (Wildman–Crippen LogP) is 2.73. The molecule has 1 unspecified atom stereocenters. The second kappa shape index (κ2) is 6.15. The van der Waals surface area contributed by atoms with Gasteiger partial charge in [0.25, 0.3) is 10.1 Å². The van der Waals surface area contributed by atoms with Crippen LogP contribution in [0.3, 0.4) is 0 Å². The molecule has 1 atom stereocenters. The van der Waals surface area contributed by atoms with Gasteiger partial charge in [-0.25, -0.2) is 4.39 Å². The van der Waals surface area contributed by atoms with E-state index < -0.39 is 27.8 Å². The molecule has 2 aromatic carbocycles. The van der Waals surface area contributed by atoms with E-state index in [1.165, 1.54) is 12.1 Å². The third kappa shape index (κ3) is 4.21. The van der Waals surface area contributed by atoms with Crippen molar-refractivity contribution >= 4 is 15.9 Å². The molecule has 0 radical (unpaired) electrons. The lowest BCUT2D eigenvalue weighted by Crippen LogP contribution is -2.19. The molecule has 110 valence electrons. The first-order valence-corrected chi connectivity index (χ1v) is 7.91. The number of hydrogen-bond acceptors (Lipinski definition) is 4. The summed E-state index contributed by atoms with van der Waals surface area (Å²) in [6, 6.07) is 13.1. The highest BCUT2D eigenvalue weighted by atomic mass is 32.2. The Balaban J connectivity index is 2.40. The molecular weight excluding hydrogens is 295 g/mol. The molecule has 0 saturated carbocycles. The molecule has 0 fully saturated rings. The van der Waals surface area contributed by atoms with E-state index >= 15 is 0 Å². The number of Topliss-reactive ketones (excluding diaryl/α,β-unsaturated/α-hetero) is 1. The summed E-state index contributed by atoms with van der Waals surface area (Å²) in [5.41, 5.74) is 0.589. The average molecular weight is 308 g/mol. The fraction of sp³-hybridized carbons (Fsp3) is 0.133. The minimum Gasteiger partial charge on any atom is -0.291 e. The van der Waals surface area contributed by atoms with Crippen molar-refractivity contribution in [1.29, 1.82) is 0 Å². The maximum Gasteiger partial charge on any atom is 0.265 e. The second-order valence-corrected chi connectivity index (χ2v) is 6.06. The fourth-order valence-electron chi connectivity index (χ4n) is 1.82. The van der Waals surface area contributed by atoms with E-state index in [9.17, 15) is 17.6 Å². The standard InChI is InChI=1S/C15H13FO4S/c1-21(18,19)20-15(12-5-3-2-4-6-12)14(17)11-7-9-13(16)10-8-11/h2-10,15H,1H3. The fourth-order valence-corrected chi connectivity index (χ4v) is 2.37.